The second kappa shape index (κ2) is 11.0. The molecule has 0 unspecified atom stereocenters. The first kappa shape index (κ1) is 27.2. The average Bonchev–Trinajstić information content (AvgIpc) is 3.62. The van der Waals surface area contributed by atoms with Crippen LogP contribution in [-0.2, 0) is 15.8 Å². The van der Waals surface area contributed by atoms with Gasteiger partial charge in [0, 0.05) is 32.4 Å². The standard InChI is InChI=1S/C27H27F3N6O4/c28-27(29,30)23-21(16-36(33-23)18-5-2-1-3-6-18)24(37)32-17-9-10-22(31-15-17)34-11-13-35(14-12-34)25(38)19-7-4-8-20(19)26(39)40/h1-3,5-6,9-10,15-16,19-20H,4,7-8,11-14H2,(H,32,37)(H,39,40)/t19-,20-/m0/s1. The minimum atomic E-state index is -4.83. The van der Waals surface area contributed by atoms with Crippen LogP contribution in [0.2, 0.25) is 0 Å². The lowest BCUT2D eigenvalue weighted by Crippen LogP contribution is -2.51. The molecule has 2 amide bonds. The van der Waals surface area contributed by atoms with Crippen LogP contribution in [0.5, 0.6) is 0 Å². The van der Waals surface area contributed by atoms with E-state index in [9.17, 15) is 32.7 Å². The van der Waals surface area contributed by atoms with Crippen LogP contribution in [-0.4, -0.2) is 68.7 Å². The van der Waals surface area contributed by atoms with Gasteiger partial charge in [-0.1, -0.05) is 24.6 Å². The number of piperazine rings is 1. The number of pyridine rings is 1. The fraction of sp³-hybridized carbons (Fsp3) is 0.370. The van der Waals surface area contributed by atoms with Gasteiger partial charge in [-0.2, -0.15) is 18.3 Å². The normalized spacial score (nSPS) is 19.5. The maximum atomic E-state index is 13.6. The Labute approximate surface area is 227 Å². The highest BCUT2D eigenvalue weighted by Gasteiger charge is 2.41. The summed E-state index contributed by atoms with van der Waals surface area (Å²) >= 11 is 0. The van der Waals surface area contributed by atoms with Gasteiger partial charge in [-0.15, -0.1) is 0 Å². The molecule has 13 heteroatoms. The van der Waals surface area contributed by atoms with Crippen LogP contribution in [0.3, 0.4) is 0 Å². The van der Waals surface area contributed by atoms with Crippen molar-refractivity contribution in [3.8, 4) is 5.69 Å². The summed E-state index contributed by atoms with van der Waals surface area (Å²) in [6.07, 6.45) is -0.596. The number of halogens is 3. The van der Waals surface area contributed by atoms with Gasteiger partial charge < -0.3 is 20.2 Å². The molecule has 5 rings (SSSR count). The number of aromatic nitrogens is 3. The van der Waals surface area contributed by atoms with Crippen molar-refractivity contribution < 1.29 is 32.7 Å². The Bertz CT molecular complexity index is 1390. The van der Waals surface area contributed by atoms with Gasteiger partial charge in [-0.3, -0.25) is 14.4 Å². The molecule has 1 aliphatic heterocycles. The highest BCUT2D eigenvalue weighted by molar-refractivity contribution is 6.05. The fourth-order valence-electron chi connectivity index (χ4n) is 5.25. The second-order valence-electron chi connectivity index (χ2n) is 9.82. The van der Waals surface area contributed by atoms with Gasteiger partial charge in [-0.25, -0.2) is 9.67 Å². The molecular formula is C27H27F3N6O4. The molecule has 1 aromatic carbocycles. The van der Waals surface area contributed by atoms with E-state index in [4.69, 9.17) is 0 Å². The molecule has 2 aliphatic rings. The van der Waals surface area contributed by atoms with E-state index in [0.29, 0.717) is 50.5 Å². The molecule has 2 N–H and O–H groups in total. The lowest BCUT2D eigenvalue weighted by molar-refractivity contribution is -0.149. The lowest BCUT2D eigenvalue weighted by Gasteiger charge is -2.37. The summed E-state index contributed by atoms with van der Waals surface area (Å²) in [5.74, 6) is -2.54. The summed E-state index contributed by atoms with van der Waals surface area (Å²) < 4.78 is 41.9. The number of nitrogens with zero attached hydrogens (tertiary/aromatic N) is 5. The zero-order chi connectivity index (χ0) is 28.4. The van der Waals surface area contributed by atoms with Gasteiger partial charge >= 0.3 is 12.1 Å². The predicted octanol–water partition coefficient (Wildman–Crippen LogP) is 3.69. The molecule has 210 valence electrons. The number of nitrogens with one attached hydrogen (secondary N) is 1. The largest absolute Gasteiger partial charge is 0.481 e. The number of benzene rings is 1. The van der Waals surface area contributed by atoms with Crippen LogP contribution in [0.1, 0.15) is 35.3 Å². The molecule has 10 nitrogen and oxygen atoms in total. The Morgan fingerprint density at radius 3 is 2.27 bits per heavy atom. The number of hydrogen-bond donors (Lipinski definition) is 2. The van der Waals surface area contributed by atoms with Crippen molar-refractivity contribution in [3.63, 3.8) is 0 Å². The van der Waals surface area contributed by atoms with Crippen molar-refractivity contribution in [3.05, 3.63) is 66.1 Å². The van der Waals surface area contributed by atoms with Crippen LogP contribution >= 0.6 is 0 Å². The van der Waals surface area contributed by atoms with Crippen LogP contribution in [0.15, 0.2) is 54.9 Å². The Kier molecular flexibility index (Phi) is 7.46. The van der Waals surface area contributed by atoms with E-state index in [1.54, 1.807) is 47.4 Å². The molecule has 2 atom stereocenters. The molecule has 2 aromatic heterocycles. The SMILES string of the molecule is O=C(Nc1ccc(N2CCN(C(=O)[C@H]3CCC[C@@H]3C(=O)O)CC2)nc1)c1cn(-c2ccccc2)nc1C(F)(F)F. The van der Waals surface area contributed by atoms with Crippen LogP contribution in [0.25, 0.3) is 5.69 Å². The maximum absolute atomic E-state index is 13.6. The predicted molar refractivity (Wildman–Crippen MR) is 138 cm³/mol. The number of para-hydroxylation sites is 1. The monoisotopic (exact) mass is 556 g/mol. The number of alkyl halides is 3. The summed E-state index contributed by atoms with van der Waals surface area (Å²) in [5, 5.41) is 15.4. The number of carbonyl (C=O) groups excluding carboxylic acids is 2. The summed E-state index contributed by atoms with van der Waals surface area (Å²) in [4.78, 5) is 45.2. The molecule has 1 saturated carbocycles. The van der Waals surface area contributed by atoms with Crippen molar-refractivity contribution in [2.45, 2.75) is 25.4 Å². The highest BCUT2D eigenvalue weighted by atomic mass is 19.4. The molecule has 0 spiro atoms. The molecule has 1 saturated heterocycles. The van der Waals surface area contributed by atoms with E-state index in [1.807, 2.05) is 4.90 Å². The number of carboxylic acid groups (broad SMARTS) is 1. The molecule has 1 aliphatic carbocycles. The number of amides is 2. The van der Waals surface area contributed by atoms with E-state index in [-0.39, 0.29) is 11.6 Å². The van der Waals surface area contributed by atoms with E-state index in [1.165, 1.54) is 6.20 Å². The van der Waals surface area contributed by atoms with E-state index in [2.05, 4.69) is 15.4 Å². The van der Waals surface area contributed by atoms with Crippen molar-refractivity contribution in [1.82, 2.24) is 19.7 Å². The Morgan fingerprint density at radius 1 is 0.950 bits per heavy atom. The first-order valence-corrected chi connectivity index (χ1v) is 12.9. The summed E-state index contributed by atoms with van der Waals surface area (Å²) in [6, 6.07) is 11.4. The van der Waals surface area contributed by atoms with Gasteiger partial charge in [0.05, 0.1) is 35.0 Å². The zero-order valence-electron chi connectivity index (χ0n) is 21.3. The average molecular weight is 557 g/mol. The first-order chi connectivity index (χ1) is 19.1. The third-order valence-corrected chi connectivity index (χ3v) is 7.32. The van der Waals surface area contributed by atoms with Crippen LogP contribution in [0, 0.1) is 11.8 Å². The molecule has 3 heterocycles. The fourth-order valence-corrected chi connectivity index (χ4v) is 5.25. The van der Waals surface area contributed by atoms with Gasteiger partial charge in [0.15, 0.2) is 5.69 Å². The third kappa shape index (κ3) is 5.63. The zero-order valence-corrected chi connectivity index (χ0v) is 21.3. The quantitative estimate of drug-likeness (QED) is 0.475. The van der Waals surface area contributed by atoms with E-state index in [0.717, 1.165) is 17.3 Å². The summed E-state index contributed by atoms with van der Waals surface area (Å²) in [5.41, 5.74) is -1.32. The van der Waals surface area contributed by atoms with Crippen LogP contribution < -0.4 is 10.2 Å². The van der Waals surface area contributed by atoms with E-state index < -0.39 is 41.1 Å². The Balaban J connectivity index is 1.22. The van der Waals surface area contributed by atoms with Crippen molar-refractivity contribution in [1.29, 1.82) is 0 Å². The van der Waals surface area contributed by atoms with Crippen molar-refractivity contribution in [2.24, 2.45) is 11.8 Å². The number of rotatable bonds is 6. The number of carboxylic acids is 1. The molecule has 0 bridgehead atoms. The van der Waals surface area contributed by atoms with Crippen molar-refractivity contribution in [2.75, 3.05) is 36.4 Å². The highest BCUT2D eigenvalue weighted by Crippen LogP contribution is 2.34. The number of carbonyl (C=O) groups is 3. The summed E-state index contributed by atoms with van der Waals surface area (Å²) in [7, 11) is 0. The second-order valence-corrected chi connectivity index (χ2v) is 9.82. The van der Waals surface area contributed by atoms with E-state index >= 15 is 0 Å². The Morgan fingerprint density at radius 2 is 1.65 bits per heavy atom. The van der Waals surface area contributed by atoms with Gasteiger partial charge in [-0.05, 0) is 37.1 Å². The Hall–Kier alpha value is -4.42. The smallest absolute Gasteiger partial charge is 0.435 e. The molecular weight excluding hydrogens is 529 g/mol. The van der Waals surface area contributed by atoms with Gasteiger partial charge in [0.25, 0.3) is 5.91 Å². The third-order valence-electron chi connectivity index (χ3n) is 7.32. The lowest BCUT2D eigenvalue weighted by atomic mass is 9.94. The van der Waals surface area contributed by atoms with Gasteiger partial charge in [0.2, 0.25) is 5.91 Å². The molecule has 0 radical (unpaired) electrons. The number of anilines is 2. The topological polar surface area (TPSA) is 121 Å². The first-order valence-electron chi connectivity index (χ1n) is 12.9. The molecule has 40 heavy (non-hydrogen) atoms. The minimum Gasteiger partial charge on any atom is -0.481 e. The maximum Gasteiger partial charge on any atom is 0.435 e. The van der Waals surface area contributed by atoms with Gasteiger partial charge in [0.1, 0.15) is 5.82 Å². The summed E-state index contributed by atoms with van der Waals surface area (Å²) in [6.45, 7) is 1.83. The van der Waals surface area contributed by atoms with Crippen LogP contribution in [0.4, 0.5) is 24.7 Å². The van der Waals surface area contributed by atoms with Crippen molar-refractivity contribution >= 4 is 29.3 Å². The number of hydrogen-bond acceptors (Lipinski definition) is 6. The minimum absolute atomic E-state index is 0.121. The molecule has 2 fully saturated rings. The molecule has 3 aromatic rings. The number of aliphatic carboxylic acids is 1.